The smallest absolute Gasteiger partial charge is 0.226 e. The number of likely N-dealkylation sites (tertiary alicyclic amines) is 1. The van der Waals surface area contributed by atoms with Gasteiger partial charge in [0.2, 0.25) is 5.91 Å². The molecule has 4 nitrogen and oxygen atoms in total. The fourth-order valence-corrected chi connectivity index (χ4v) is 3.25. The second-order valence-electron chi connectivity index (χ2n) is 7.39. The standard InChI is InChI=1S/C16H27N3OS/c1-12-5-7-19(8-6-12)10-13-11-21-15(17-13)18-14(20)9-16(2,3)4/h11-12H,5-10H2,1-4H3,(H,17,18,20). The molecule has 1 aromatic heterocycles. The van der Waals surface area contributed by atoms with Crippen molar-refractivity contribution in [2.75, 3.05) is 18.4 Å². The summed E-state index contributed by atoms with van der Waals surface area (Å²) in [6, 6.07) is 0. The van der Waals surface area contributed by atoms with Gasteiger partial charge in [0.05, 0.1) is 5.69 Å². The van der Waals surface area contributed by atoms with Crippen molar-refractivity contribution in [1.82, 2.24) is 9.88 Å². The summed E-state index contributed by atoms with van der Waals surface area (Å²) < 4.78 is 0. The molecule has 0 aromatic carbocycles. The van der Waals surface area contributed by atoms with E-state index in [1.54, 1.807) is 0 Å². The van der Waals surface area contributed by atoms with Crippen LogP contribution < -0.4 is 5.32 Å². The third kappa shape index (κ3) is 5.75. The normalized spacial score (nSPS) is 17.9. The number of carbonyl (C=O) groups is 1. The molecule has 5 heteroatoms. The first-order valence-corrected chi connectivity index (χ1v) is 8.66. The second kappa shape index (κ2) is 6.88. The number of nitrogens with zero attached hydrogens (tertiary/aromatic N) is 2. The zero-order valence-electron chi connectivity index (χ0n) is 13.6. The molecule has 1 N–H and O–H groups in total. The first kappa shape index (κ1) is 16.4. The van der Waals surface area contributed by atoms with Crippen molar-refractivity contribution >= 4 is 22.4 Å². The number of nitrogens with one attached hydrogen (secondary N) is 1. The van der Waals surface area contributed by atoms with Gasteiger partial charge in [0, 0.05) is 18.3 Å². The molecule has 0 bridgehead atoms. The van der Waals surface area contributed by atoms with Gasteiger partial charge in [0.1, 0.15) is 0 Å². The van der Waals surface area contributed by atoms with Crippen LogP contribution in [0.5, 0.6) is 0 Å². The quantitative estimate of drug-likeness (QED) is 0.921. The molecular formula is C16H27N3OS. The number of aromatic nitrogens is 1. The van der Waals surface area contributed by atoms with Gasteiger partial charge in [-0.1, -0.05) is 27.7 Å². The van der Waals surface area contributed by atoms with Crippen LogP contribution in [0.3, 0.4) is 0 Å². The molecule has 0 spiro atoms. The Balaban J connectivity index is 1.82. The lowest BCUT2D eigenvalue weighted by atomic mass is 9.92. The maximum absolute atomic E-state index is 11.9. The Morgan fingerprint density at radius 1 is 1.43 bits per heavy atom. The highest BCUT2D eigenvalue weighted by molar-refractivity contribution is 7.13. The summed E-state index contributed by atoms with van der Waals surface area (Å²) in [6.45, 7) is 11.7. The van der Waals surface area contributed by atoms with Gasteiger partial charge in [0.25, 0.3) is 0 Å². The van der Waals surface area contributed by atoms with E-state index in [2.05, 4.69) is 48.3 Å². The van der Waals surface area contributed by atoms with Crippen LogP contribution in [0, 0.1) is 11.3 Å². The molecule has 1 aliphatic heterocycles. The molecule has 0 unspecified atom stereocenters. The Morgan fingerprint density at radius 2 is 2.10 bits per heavy atom. The zero-order valence-corrected chi connectivity index (χ0v) is 14.4. The van der Waals surface area contributed by atoms with E-state index in [1.807, 2.05) is 0 Å². The first-order valence-electron chi connectivity index (χ1n) is 7.78. The second-order valence-corrected chi connectivity index (χ2v) is 8.25. The van der Waals surface area contributed by atoms with E-state index in [9.17, 15) is 4.79 Å². The largest absolute Gasteiger partial charge is 0.302 e. The maximum atomic E-state index is 11.9. The van der Waals surface area contributed by atoms with Crippen molar-refractivity contribution < 1.29 is 4.79 Å². The molecule has 0 radical (unpaired) electrons. The number of anilines is 1. The van der Waals surface area contributed by atoms with E-state index in [1.165, 1.54) is 24.2 Å². The first-order chi connectivity index (χ1) is 9.82. The van der Waals surface area contributed by atoms with Crippen molar-refractivity contribution in [3.63, 3.8) is 0 Å². The van der Waals surface area contributed by atoms with Crippen LogP contribution >= 0.6 is 11.3 Å². The van der Waals surface area contributed by atoms with Crippen molar-refractivity contribution in [1.29, 1.82) is 0 Å². The lowest BCUT2D eigenvalue weighted by molar-refractivity contribution is -0.117. The molecule has 0 aliphatic carbocycles. The minimum Gasteiger partial charge on any atom is -0.302 e. The van der Waals surface area contributed by atoms with Crippen LogP contribution in [0.4, 0.5) is 5.13 Å². The number of rotatable bonds is 4. The average Bonchev–Trinajstić information content (AvgIpc) is 2.77. The number of carbonyl (C=O) groups excluding carboxylic acids is 1. The zero-order chi connectivity index (χ0) is 15.5. The van der Waals surface area contributed by atoms with Crippen LogP contribution in [-0.4, -0.2) is 28.9 Å². The van der Waals surface area contributed by atoms with Crippen LogP contribution in [0.25, 0.3) is 0 Å². The van der Waals surface area contributed by atoms with Gasteiger partial charge in [-0.25, -0.2) is 4.98 Å². The van der Waals surface area contributed by atoms with Gasteiger partial charge in [-0.15, -0.1) is 11.3 Å². The predicted octanol–water partition coefficient (Wildman–Crippen LogP) is 3.75. The minimum atomic E-state index is 0.00860. The summed E-state index contributed by atoms with van der Waals surface area (Å²) in [7, 11) is 0. The fourth-order valence-electron chi connectivity index (χ4n) is 2.53. The van der Waals surface area contributed by atoms with Crippen molar-refractivity contribution in [2.45, 2.75) is 53.5 Å². The van der Waals surface area contributed by atoms with Crippen molar-refractivity contribution in [3.8, 4) is 0 Å². The molecule has 0 saturated carbocycles. The molecule has 1 aliphatic rings. The number of hydrogen-bond acceptors (Lipinski definition) is 4. The Kier molecular flexibility index (Phi) is 5.38. The van der Waals surface area contributed by atoms with E-state index in [4.69, 9.17) is 0 Å². The molecule has 0 atom stereocenters. The van der Waals surface area contributed by atoms with Crippen LogP contribution in [0.1, 0.15) is 52.7 Å². The Morgan fingerprint density at radius 3 is 2.71 bits per heavy atom. The average molecular weight is 309 g/mol. The highest BCUT2D eigenvalue weighted by atomic mass is 32.1. The number of thiazole rings is 1. The SMILES string of the molecule is CC1CCN(Cc2csc(NC(=O)CC(C)(C)C)n2)CC1. The monoisotopic (exact) mass is 309 g/mol. The summed E-state index contributed by atoms with van der Waals surface area (Å²) in [5.74, 6) is 0.902. The van der Waals surface area contributed by atoms with Crippen molar-refractivity contribution in [3.05, 3.63) is 11.1 Å². The highest BCUT2D eigenvalue weighted by Gasteiger charge is 2.18. The topological polar surface area (TPSA) is 45.2 Å². The van der Waals surface area contributed by atoms with Gasteiger partial charge in [-0.05, 0) is 37.3 Å². The molecule has 2 rings (SSSR count). The maximum Gasteiger partial charge on any atom is 0.226 e. The van der Waals surface area contributed by atoms with Crippen LogP contribution in [-0.2, 0) is 11.3 Å². The van der Waals surface area contributed by atoms with Crippen molar-refractivity contribution in [2.24, 2.45) is 11.3 Å². The molecule has 1 saturated heterocycles. The van der Waals surface area contributed by atoms with Gasteiger partial charge in [-0.3, -0.25) is 9.69 Å². The van der Waals surface area contributed by atoms with E-state index in [0.29, 0.717) is 6.42 Å². The molecule has 1 aromatic rings. The highest BCUT2D eigenvalue weighted by Crippen LogP contribution is 2.23. The van der Waals surface area contributed by atoms with E-state index < -0.39 is 0 Å². The molecule has 1 amide bonds. The van der Waals surface area contributed by atoms with Gasteiger partial charge in [0.15, 0.2) is 5.13 Å². The van der Waals surface area contributed by atoms with E-state index in [0.717, 1.165) is 36.4 Å². The lowest BCUT2D eigenvalue weighted by Crippen LogP contribution is -2.32. The summed E-state index contributed by atoms with van der Waals surface area (Å²) in [5.41, 5.74) is 1.08. The Labute approximate surface area is 132 Å². The fraction of sp³-hybridized carbons (Fsp3) is 0.750. The molecule has 118 valence electrons. The molecular weight excluding hydrogens is 282 g/mol. The minimum absolute atomic E-state index is 0.00860. The molecule has 21 heavy (non-hydrogen) atoms. The summed E-state index contributed by atoms with van der Waals surface area (Å²) >= 11 is 1.52. The third-order valence-corrected chi connectivity index (χ3v) is 4.56. The van der Waals surface area contributed by atoms with E-state index >= 15 is 0 Å². The predicted molar refractivity (Wildman–Crippen MR) is 88.5 cm³/mol. The third-order valence-electron chi connectivity index (χ3n) is 3.75. The number of amides is 1. The Hall–Kier alpha value is -0.940. The van der Waals surface area contributed by atoms with Gasteiger partial charge >= 0.3 is 0 Å². The summed E-state index contributed by atoms with van der Waals surface area (Å²) in [5, 5.41) is 5.70. The Bertz CT molecular complexity index is 470. The summed E-state index contributed by atoms with van der Waals surface area (Å²) in [4.78, 5) is 18.9. The van der Waals surface area contributed by atoms with Crippen LogP contribution in [0.15, 0.2) is 5.38 Å². The van der Waals surface area contributed by atoms with Gasteiger partial charge < -0.3 is 5.32 Å². The molecule has 1 fully saturated rings. The van der Waals surface area contributed by atoms with E-state index in [-0.39, 0.29) is 11.3 Å². The molecule has 2 heterocycles. The van der Waals surface area contributed by atoms with Gasteiger partial charge in [-0.2, -0.15) is 0 Å². The summed E-state index contributed by atoms with van der Waals surface area (Å²) in [6.07, 6.45) is 3.07. The number of hydrogen-bond donors (Lipinski definition) is 1. The lowest BCUT2D eigenvalue weighted by Gasteiger charge is -2.29. The number of piperidine rings is 1. The van der Waals surface area contributed by atoms with Crippen LogP contribution in [0.2, 0.25) is 0 Å².